The molecule has 14 nitrogen and oxygen atoms in total. The molecule has 0 aliphatic rings. The van der Waals surface area contributed by atoms with Crippen molar-refractivity contribution >= 4 is 41.4 Å². The number of nitrogens with two attached hydrogens (primary N) is 3. The van der Waals surface area contributed by atoms with Gasteiger partial charge in [0.25, 0.3) is 0 Å². The van der Waals surface area contributed by atoms with E-state index >= 15 is 0 Å². The average Bonchev–Trinajstić information content (AvgIpc) is 3.35. The lowest BCUT2D eigenvalue weighted by Gasteiger charge is -2.25. The number of rotatable bonds is 18. The van der Waals surface area contributed by atoms with Crippen LogP contribution in [0.3, 0.4) is 0 Å². The van der Waals surface area contributed by atoms with Crippen molar-refractivity contribution in [2.45, 2.75) is 70.1 Å². The minimum atomic E-state index is -1.17. The van der Waals surface area contributed by atoms with Gasteiger partial charge in [0, 0.05) is 24.9 Å². The van der Waals surface area contributed by atoms with Gasteiger partial charge in [0.2, 0.25) is 17.7 Å². The summed E-state index contributed by atoms with van der Waals surface area (Å²) in [6.45, 7) is 3.89. The van der Waals surface area contributed by atoms with Crippen LogP contribution in [0.1, 0.15) is 45.2 Å². The maximum atomic E-state index is 13.2. The van der Waals surface area contributed by atoms with E-state index in [0.717, 1.165) is 0 Å². The number of aliphatic imine (C=N–C) groups is 1. The Labute approximate surface area is 226 Å². The molecule has 1 aromatic rings. The third-order valence-corrected chi connectivity index (χ3v) is 6.12. The third kappa shape index (κ3) is 12.8. The van der Waals surface area contributed by atoms with Crippen molar-refractivity contribution in [1.29, 1.82) is 0 Å². The number of guanidine groups is 1. The molecule has 0 aromatic carbocycles. The van der Waals surface area contributed by atoms with Gasteiger partial charge in [0.1, 0.15) is 18.1 Å². The van der Waals surface area contributed by atoms with Crippen LogP contribution in [-0.4, -0.2) is 87.4 Å². The van der Waals surface area contributed by atoms with Gasteiger partial charge < -0.3 is 43.2 Å². The lowest BCUT2D eigenvalue weighted by Crippen LogP contribution is -2.57. The zero-order chi connectivity index (χ0) is 28.7. The molecule has 0 saturated heterocycles. The molecule has 0 spiro atoms. The first-order valence-corrected chi connectivity index (χ1v) is 13.7. The summed E-state index contributed by atoms with van der Waals surface area (Å²) in [6.07, 6.45) is 6.09. The fraction of sp³-hybridized carbons (Fsp3) is 0.652. The molecule has 1 aromatic heterocycles. The maximum absolute atomic E-state index is 13.2. The topological polar surface area (TPSA) is 244 Å². The molecule has 0 bridgehead atoms. The molecule has 38 heavy (non-hydrogen) atoms. The molecule has 0 aliphatic carbocycles. The molecule has 4 unspecified atom stereocenters. The van der Waals surface area contributed by atoms with E-state index in [1.54, 1.807) is 6.20 Å². The number of thioether (sulfide) groups is 1. The van der Waals surface area contributed by atoms with Gasteiger partial charge >= 0.3 is 5.97 Å². The number of hydrogen-bond donors (Lipinski definition) is 8. The van der Waals surface area contributed by atoms with E-state index in [-0.39, 0.29) is 37.7 Å². The van der Waals surface area contributed by atoms with E-state index in [2.05, 4.69) is 30.9 Å². The first kappa shape index (κ1) is 32.7. The van der Waals surface area contributed by atoms with Gasteiger partial charge in [-0.3, -0.25) is 19.4 Å². The summed E-state index contributed by atoms with van der Waals surface area (Å²) in [5, 5.41) is 17.4. The zero-order valence-electron chi connectivity index (χ0n) is 22.1. The SMILES string of the molecule is CSCCC(NC(=O)C(N)Cc1cnc[nH]1)C(=O)NC(CCCN=C(N)N)C(=O)NC(CC(C)C)C(=O)O. The molecule has 0 aliphatic heterocycles. The number of aromatic nitrogens is 2. The van der Waals surface area contributed by atoms with E-state index in [1.807, 2.05) is 20.1 Å². The molecule has 3 amide bonds. The summed E-state index contributed by atoms with van der Waals surface area (Å²) in [4.78, 5) is 61.3. The Morgan fingerprint density at radius 3 is 2.18 bits per heavy atom. The van der Waals surface area contributed by atoms with Crippen LogP contribution in [0.15, 0.2) is 17.5 Å². The largest absolute Gasteiger partial charge is 0.480 e. The summed E-state index contributed by atoms with van der Waals surface area (Å²) >= 11 is 1.49. The molecule has 0 radical (unpaired) electrons. The Bertz CT molecular complexity index is 922. The molecular weight excluding hydrogens is 514 g/mol. The Morgan fingerprint density at radius 2 is 1.66 bits per heavy atom. The monoisotopic (exact) mass is 555 g/mol. The fourth-order valence-electron chi connectivity index (χ4n) is 3.52. The van der Waals surface area contributed by atoms with Crippen molar-refractivity contribution in [3.63, 3.8) is 0 Å². The molecule has 0 fully saturated rings. The number of imidazole rings is 1. The van der Waals surface area contributed by atoms with Crippen molar-refractivity contribution in [3.05, 3.63) is 18.2 Å². The van der Waals surface area contributed by atoms with E-state index in [9.17, 15) is 24.3 Å². The third-order valence-electron chi connectivity index (χ3n) is 5.48. The Morgan fingerprint density at radius 1 is 1.05 bits per heavy atom. The molecule has 15 heteroatoms. The van der Waals surface area contributed by atoms with Crippen molar-refractivity contribution in [2.24, 2.45) is 28.1 Å². The highest BCUT2D eigenvalue weighted by molar-refractivity contribution is 7.98. The number of aromatic amines is 1. The lowest BCUT2D eigenvalue weighted by molar-refractivity contribution is -0.142. The predicted octanol–water partition coefficient (Wildman–Crippen LogP) is -1.33. The number of carbonyl (C=O) groups is 4. The van der Waals surface area contributed by atoms with E-state index < -0.39 is 47.9 Å². The summed E-state index contributed by atoms with van der Waals surface area (Å²) in [6, 6.07) is -4.07. The highest BCUT2D eigenvalue weighted by Gasteiger charge is 2.30. The Hall–Kier alpha value is -3.33. The van der Waals surface area contributed by atoms with Crippen molar-refractivity contribution in [1.82, 2.24) is 25.9 Å². The van der Waals surface area contributed by atoms with Crippen LogP contribution >= 0.6 is 11.8 Å². The minimum absolute atomic E-state index is 0.0170. The fourth-order valence-corrected chi connectivity index (χ4v) is 3.99. The van der Waals surface area contributed by atoms with Crippen LogP contribution in [0.25, 0.3) is 0 Å². The first-order valence-electron chi connectivity index (χ1n) is 12.4. The summed E-state index contributed by atoms with van der Waals surface area (Å²) in [5.74, 6) is -2.47. The second-order valence-corrected chi connectivity index (χ2v) is 10.3. The van der Waals surface area contributed by atoms with Gasteiger partial charge in [-0.2, -0.15) is 11.8 Å². The predicted molar refractivity (Wildman–Crippen MR) is 146 cm³/mol. The number of amides is 3. The van der Waals surface area contributed by atoms with Gasteiger partial charge in [-0.15, -0.1) is 0 Å². The minimum Gasteiger partial charge on any atom is -0.480 e. The van der Waals surface area contributed by atoms with Gasteiger partial charge in [-0.05, 0) is 43.6 Å². The maximum Gasteiger partial charge on any atom is 0.326 e. The number of carbonyl (C=O) groups excluding carboxylic acids is 3. The van der Waals surface area contributed by atoms with Crippen LogP contribution in [0.5, 0.6) is 0 Å². The first-order chi connectivity index (χ1) is 17.9. The quantitative estimate of drug-likeness (QED) is 0.0602. The van der Waals surface area contributed by atoms with Crippen molar-refractivity contribution in [2.75, 3.05) is 18.6 Å². The van der Waals surface area contributed by atoms with Crippen LogP contribution < -0.4 is 33.2 Å². The Kier molecular flexibility index (Phi) is 14.8. The van der Waals surface area contributed by atoms with E-state index in [1.165, 1.54) is 18.1 Å². The number of H-pyrrole nitrogens is 1. The molecule has 0 saturated carbocycles. The number of carboxylic acid groups (broad SMARTS) is 1. The van der Waals surface area contributed by atoms with Crippen LogP contribution in [-0.2, 0) is 25.6 Å². The number of hydrogen-bond acceptors (Lipinski definition) is 8. The van der Waals surface area contributed by atoms with Crippen LogP contribution in [0, 0.1) is 5.92 Å². The van der Waals surface area contributed by atoms with Gasteiger partial charge in [-0.25, -0.2) is 9.78 Å². The molecule has 1 rings (SSSR count). The highest BCUT2D eigenvalue weighted by Crippen LogP contribution is 2.08. The number of nitrogens with zero attached hydrogens (tertiary/aromatic N) is 2. The molecule has 4 atom stereocenters. The summed E-state index contributed by atoms with van der Waals surface area (Å²) < 4.78 is 0. The van der Waals surface area contributed by atoms with Gasteiger partial charge in [0.05, 0.1) is 12.4 Å². The standard InChI is InChI=1S/C23H41N9O5S/c1-13(2)9-18(22(36)37)32-20(34)16(5-4-7-28-23(25)26)31-21(35)17(6-8-38-3)30-19(33)15(24)10-14-11-27-12-29-14/h11-13,15-18H,4-10,24H2,1-3H3,(H,27,29)(H,30,33)(H,31,35)(H,32,34)(H,36,37)(H4,25,26,28). The van der Waals surface area contributed by atoms with Crippen molar-refractivity contribution in [3.8, 4) is 0 Å². The average molecular weight is 556 g/mol. The normalized spacial score (nSPS) is 14.1. The Balaban J connectivity index is 2.98. The molecular formula is C23H41N9O5S. The molecule has 214 valence electrons. The van der Waals surface area contributed by atoms with Gasteiger partial charge in [0.15, 0.2) is 5.96 Å². The number of aliphatic carboxylic acids is 1. The molecule has 1 heterocycles. The van der Waals surface area contributed by atoms with E-state index in [4.69, 9.17) is 17.2 Å². The lowest BCUT2D eigenvalue weighted by atomic mass is 10.0. The van der Waals surface area contributed by atoms with Crippen LogP contribution in [0.2, 0.25) is 0 Å². The summed E-state index contributed by atoms with van der Waals surface area (Å²) in [7, 11) is 0. The van der Waals surface area contributed by atoms with Gasteiger partial charge in [-0.1, -0.05) is 13.8 Å². The smallest absolute Gasteiger partial charge is 0.326 e. The zero-order valence-corrected chi connectivity index (χ0v) is 22.9. The van der Waals surface area contributed by atoms with Crippen LogP contribution in [0.4, 0.5) is 0 Å². The summed E-state index contributed by atoms with van der Waals surface area (Å²) in [5.41, 5.74) is 17.4. The van der Waals surface area contributed by atoms with E-state index in [0.29, 0.717) is 24.3 Å². The molecule has 11 N–H and O–H groups in total. The number of nitrogens with one attached hydrogen (secondary N) is 4. The highest BCUT2D eigenvalue weighted by atomic mass is 32.2. The van der Waals surface area contributed by atoms with Crippen molar-refractivity contribution < 1.29 is 24.3 Å². The second kappa shape index (κ2) is 17.2. The second-order valence-electron chi connectivity index (χ2n) is 9.27. The number of carboxylic acids is 1.